The first-order chi connectivity index (χ1) is 10.8. The van der Waals surface area contributed by atoms with E-state index in [-0.39, 0.29) is 5.91 Å². The maximum Gasteiger partial charge on any atom is 0.227 e. The summed E-state index contributed by atoms with van der Waals surface area (Å²) >= 11 is 0. The molecule has 8 heteroatoms. The summed E-state index contributed by atoms with van der Waals surface area (Å²) in [6, 6.07) is 0. The molecule has 0 saturated carbocycles. The third kappa shape index (κ3) is 4.25. The Hall–Kier alpha value is -1.51. The molecule has 2 saturated heterocycles. The molecule has 1 N–H and O–H groups in total. The minimum atomic E-state index is 0.130. The highest BCUT2D eigenvalue weighted by molar-refractivity contribution is 5.76. The van der Waals surface area contributed by atoms with Crippen molar-refractivity contribution < 1.29 is 14.1 Å². The molecule has 0 atom stereocenters. The van der Waals surface area contributed by atoms with Gasteiger partial charge in [0.25, 0.3) is 0 Å². The van der Waals surface area contributed by atoms with Crippen molar-refractivity contribution in [1.82, 2.24) is 25.3 Å². The Morgan fingerprint density at radius 2 is 1.95 bits per heavy atom. The molecule has 1 amide bonds. The number of nitrogens with one attached hydrogen (secondary N) is 1. The summed E-state index contributed by atoms with van der Waals surface area (Å²) in [4.78, 5) is 20.6. The van der Waals surface area contributed by atoms with Gasteiger partial charge in [-0.1, -0.05) is 5.16 Å². The normalized spacial score (nSPS) is 20.3. The van der Waals surface area contributed by atoms with E-state index in [0.717, 1.165) is 26.2 Å². The van der Waals surface area contributed by atoms with Gasteiger partial charge in [0, 0.05) is 52.1 Å². The van der Waals surface area contributed by atoms with Crippen LogP contribution in [0.3, 0.4) is 0 Å². The van der Waals surface area contributed by atoms with Crippen LogP contribution in [0.5, 0.6) is 0 Å². The van der Waals surface area contributed by atoms with Crippen LogP contribution in [0.4, 0.5) is 0 Å². The van der Waals surface area contributed by atoms with Gasteiger partial charge in [-0.2, -0.15) is 4.98 Å². The maximum atomic E-state index is 12.1. The number of morpholine rings is 1. The molecule has 1 aromatic heterocycles. The lowest BCUT2D eigenvalue weighted by Crippen LogP contribution is -2.43. The van der Waals surface area contributed by atoms with Crippen molar-refractivity contribution in [2.45, 2.75) is 19.4 Å². The molecule has 0 radical (unpaired) electrons. The predicted octanol–water partition coefficient (Wildman–Crippen LogP) is -0.734. The van der Waals surface area contributed by atoms with Crippen molar-refractivity contribution >= 4 is 5.91 Å². The lowest BCUT2D eigenvalue weighted by molar-refractivity contribution is -0.135. The maximum absolute atomic E-state index is 12.1. The van der Waals surface area contributed by atoms with E-state index in [0.29, 0.717) is 57.4 Å². The van der Waals surface area contributed by atoms with Crippen LogP contribution in [-0.4, -0.2) is 78.3 Å². The van der Waals surface area contributed by atoms with Gasteiger partial charge in [-0.15, -0.1) is 0 Å². The monoisotopic (exact) mass is 309 g/mol. The van der Waals surface area contributed by atoms with Gasteiger partial charge in [0.1, 0.15) is 0 Å². The van der Waals surface area contributed by atoms with Crippen molar-refractivity contribution in [1.29, 1.82) is 0 Å². The molecular weight excluding hydrogens is 286 g/mol. The Balaban J connectivity index is 1.43. The molecule has 0 bridgehead atoms. The highest BCUT2D eigenvalue weighted by atomic mass is 16.5. The molecule has 1 aromatic rings. The summed E-state index contributed by atoms with van der Waals surface area (Å²) in [5.41, 5.74) is 0. The van der Waals surface area contributed by atoms with Gasteiger partial charge in [-0.3, -0.25) is 9.69 Å². The van der Waals surface area contributed by atoms with Crippen molar-refractivity contribution in [2.24, 2.45) is 0 Å². The van der Waals surface area contributed by atoms with E-state index < -0.39 is 0 Å². The number of aryl methyl sites for hydroxylation is 1. The van der Waals surface area contributed by atoms with Crippen LogP contribution in [-0.2, 0) is 22.5 Å². The van der Waals surface area contributed by atoms with E-state index in [2.05, 4.69) is 20.4 Å². The molecule has 3 rings (SSSR count). The Morgan fingerprint density at radius 3 is 2.73 bits per heavy atom. The zero-order valence-electron chi connectivity index (χ0n) is 12.8. The number of nitrogens with zero attached hydrogens (tertiary/aromatic N) is 4. The van der Waals surface area contributed by atoms with Crippen LogP contribution in [0.2, 0.25) is 0 Å². The largest absolute Gasteiger partial charge is 0.378 e. The number of hydrogen-bond donors (Lipinski definition) is 1. The lowest BCUT2D eigenvalue weighted by atomic mass is 10.2. The third-order valence-corrected chi connectivity index (χ3v) is 4.00. The number of rotatable bonds is 5. The minimum absolute atomic E-state index is 0.130. The molecule has 2 aliphatic heterocycles. The summed E-state index contributed by atoms with van der Waals surface area (Å²) < 4.78 is 10.5. The number of hydrogen-bond acceptors (Lipinski definition) is 7. The fraction of sp³-hybridized carbons (Fsp3) is 0.786. The van der Waals surface area contributed by atoms with Gasteiger partial charge in [0.15, 0.2) is 5.82 Å². The van der Waals surface area contributed by atoms with E-state index in [1.54, 1.807) is 0 Å². The first-order valence-electron chi connectivity index (χ1n) is 7.91. The highest BCUT2D eigenvalue weighted by Gasteiger charge is 2.18. The second-order valence-corrected chi connectivity index (χ2v) is 5.62. The van der Waals surface area contributed by atoms with Crippen LogP contribution in [0.25, 0.3) is 0 Å². The third-order valence-electron chi connectivity index (χ3n) is 4.00. The van der Waals surface area contributed by atoms with Crippen molar-refractivity contribution in [3.8, 4) is 0 Å². The second-order valence-electron chi connectivity index (χ2n) is 5.62. The molecule has 2 aliphatic rings. The van der Waals surface area contributed by atoms with Crippen LogP contribution < -0.4 is 5.32 Å². The molecule has 0 spiro atoms. The van der Waals surface area contributed by atoms with E-state index in [1.165, 1.54) is 0 Å². The molecule has 122 valence electrons. The lowest BCUT2D eigenvalue weighted by Gasteiger charge is -2.26. The molecule has 22 heavy (non-hydrogen) atoms. The average molecular weight is 309 g/mol. The van der Waals surface area contributed by atoms with Crippen LogP contribution in [0.15, 0.2) is 4.52 Å². The standard InChI is InChI=1S/C14H23N5O3/c20-14(19-7-9-21-10-8-19)2-1-13-16-12(17-22-13)11-18-5-3-15-4-6-18/h15H,1-11H2. The summed E-state index contributed by atoms with van der Waals surface area (Å²) in [7, 11) is 0. The highest BCUT2D eigenvalue weighted by Crippen LogP contribution is 2.07. The Labute approximate surface area is 129 Å². The average Bonchev–Trinajstić information content (AvgIpc) is 3.02. The van der Waals surface area contributed by atoms with Gasteiger partial charge >= 0.3 is 0 Å². The molecule has 0 unspecified atom stereocenters. The van der Waals surface area contributed by atoms with E-state index in [1.807, 2.05) is 4.90 Å². The van der Waals surface area contributed by atoms with E-state index in [4.69, 9.17) is 9.26 Å². The Morgan fingerprint density at radius 1 is 1.18 bits per heavy atom. The molecule has 8 nitrogen and oxygen atoms in total. The smallest absolute Gasteiger partial charge is 0.227 e. The first-order valence-corrected chi connectivity index (χ1v) is 7.91. The number of aromatic nitrogens is 2. The predicted molar refractivity (Wildman–Crippen MR) is 78.2 cm³/mol. The first kappa shape index (κ1) is 15.4. The van der Waals surface area contributed by atoms with Crippen LogP contribution >= 0.6 is 0 Å². The number of carbonyl (C=O) groups is 1. The van der Waals surface area contributed by atoms with Gasteiger partial charge in [-0.05, 0) is 0 Å². The number of amides is 1. The second kappa shape index (κ2) is 7.66. The number of carbonyl (C=O) groups excluding carboxylic acids is 1. The molecule has 2 fully saturated rings. The topological polar surface area (TPSA) is 83.7 Å². The van der Waals surface area contributed by atoms with Crippen LogP contribution in [0.1, 0.15) is 18.1 Å². The van der Waals surface area contributed by atoms with E-state index in [9.17, 15) is 4.79 Å². The summed E-state index contributed by atoms with van der Waals surface area (Å²) in [5, 5.41) is 7.32. The Bertz CT molecular complexity index is 481. The van der Waals surface area contributed by atoms with Crippen molar-refractivity contribution in [3.63, 3.8) is 0 Å². The minimum Gasteiger partial charge on any atom is -0.378 e. The molecule has 0 aliphatic carbocycles. The zero-order valence-corrected chi connectivity index (χ0v) is 12.8. The number of ether oxygens (including phenoxy) is 1. The molecular formula is C14H23N5O3. The van der Waals surface area contributed by atoms with Gasteiger partial charge in [0.2, 0.25) is 11.8 Å². The summed E-state index contributed by atoms with van der Waals surface area (Å²) in [5.74, 6) is 1.38. The van der Waals surface area contributed by atoms with E-state index >= 15 is 0 Å². The van der Waals surface area contributed by atoms with Gasteiger partial charge in [0.05, 0.1) is 19.8 Å². The quantitative estimate of drug-likeness (QED) is 0.767. The van der Waals surface area contributed by atoms with Gasteiger partial charge in [-0.25, -0.2) is 0 Å². The zero-order chi connectivity index (χ0) is 15.2. The Kier molecular flexibility index (Phi) is 5.36. The summed E-state index contributed by atoms with van der Waals surface area (Å²) in [6.45, 7) is 7.31. The van der Waals surface area contributed by atoms with Crippen LogP contribution in [0, 0.1) is 0 Å². The summed E-state index contributed by atoms with van der Waals surface area (Å²) in [6.07, 6.45) is 0.917. The fourth-order valence-corrected chi connectivity index (χ4v) is 2.71. The van der Waals surface area contributed by atoms with Crippen molar-refractivity contribution in [2.75, 3.05) is 52.5 Å². The van der Waals surface area contributed by atoms with Crippen molar-refractivity contribution in [3.05, 3.63) is 11.7 Å². The fourth-order valence-electron chi connectivity index (χ4n) is 2.71. The van der Waals surface area contributed by atoms with Gasteiger partial charge < -0.3 is 19.5 Å². The number of piperazine rings is 1. The molecule has 3 heterocycles. The molecule has 0 aromatic carbocycles. The SMILES string of the molecule is O=C(CCc1nc(CN2CCNCC2)no1)N1CCOCC1.